The van der Waals surface area contributed by atoms with Crippen LogP contribution in [0.1, 0.15) is 28.3 Å². The molecule has 0 aliphatic heterocycles. The van der Waals surface area contributed by atoms with Crippen molar-refractivity contribution in [3.05, 3.63) is 107 Å². The Morgan fingerprint density at radius 3 is 2.24 bits per heavy atom. The Balaban J connectivity index is 1.42. The number of fused-ring (bicyclic) bond motifs is 1. The van der Waals surface area contributed by atoms with Crippen LogP contribution in [-0.2, 0) is 18.8 Å². The lowest BCUT2D eigenvalue weighted by atomic mass is 9.91. The maximum absolute atomic E-state index is 13.4. The molecule has 0 unspecified atom stereocenters. The molecule has 11 heteroatoms. The molecule has 0 fully saturated rings. The van der Waals surface area contributed by atoms with Gasteiger partial charge in [0.2, 0.25) is 5.89 Å². The fraction of sp³-hybridized carbons (Fsp3) is 0.233. The average Bonchev–Trinajstić information content (AvgIpc) is 3.44. The molecule has 0 spiro atoms. The Bertz CT molecular complexity index is 1670. The molecule has 0 saturated carbocycles. The largest absolute Gasteiger partial charge is 0.489 e. The van der Waals surface area contributed by atoms with Crippen LogP contribution in [0, 0.1) is 13.8 Å². The summed E-state index contributed by atoms with van der Waals surface area (Å²) in [5, 5.41) is 9.90. The van der Waals surface area contributed by atoms with Crippen LogP contribution in [0.4, 0.5) is 26.3 Å². The number of hydrogen-bond donors (Lipinski definition) is 1. The van der Waals surface area contributed by atoms with E-state index in [1.54, 1.807) is 30.5 Å². The maximum atomic E-state index is 13.4. The van der Waals surface area contributed by atoms with Crippen molar-refractivity contribution in [2.75, 3.05) is 0 Å². The van der Waals surface area contributed by atoms with Crippen LogP contribution >= 0.6 is 0 Å². The van der Waals surface area contributed by atoms with Crippen molar-refractivity contribution in [1.82, 2.24) is 9.55 Å². The average molecular weight is 575 g/mol. The Kier molecular flexibility index (Phi) is 7.10. The summed E-state index contributed by atoms with van der Waals surface area (Å²) in [6.07, 6.45) is -11.9. The summed E-state index contributed by atoms with van der Waals surface area (Å²) in [7, 11) is 0. The van der Waals surface area contributed by atoms with E-state index in [-0.39, 0.29) is 11.9 Å². The highest BCUT2D eigenvalue weighted by Crippen LogP contribution is 2.50. The highest BCUT2D eigenvalue weighted by atomic mass is 19.4. The Morgan fingerprint density at radius 2 is 1.56 bits per heavy atom. The predicted octanol–water partition coefficient (Wildman–Crippen LogP) is 7.85. The zero-order chi connectivity index (χ0) is 29.6. The van der Waals surface area contributed by atoms with Crippen LogP contribution in [-0.4, -0.2) is 27.0 Å². The predicted molar refractivity (Wildman–Crippen MR) is 139 cm³/mol. The summed E-state index contributed by atoms with van der Waals surface area (Å²) in [5.41, 5.74) is -3.16. The zero-order valence-electron chi connectivity index (χ0n) is 21.8. The second-order valence-corrected chi connectivity index (χ2v) is 9.68. The van der Waals surface area contributed by atoms with Gasteiger partial charge in [-0.2, -0.15) is 26.3 Å². The fourth-order valence-corrected chi connectivity index (χ4v) is 4.64. The monoisotopic (exact) mass is 574 g/mol. The number of aromatic nitrogens is 2. The molecule has 0 radical (unpaired) electrons. The van der Waals surface area contributed by atoms with E-state index in [1.165, 1.54) is 6.07 Å². The summed E-state index contributed by atoms with van der Waals surface area (Å²) < 4.78 is 93.8. The first-order chi connectivity index (χ1) is 19.3. The minimum absolute atomic E-state index is 0.108. The molecular formula is C30H24F6N2O3. The number of aliphatic hydroxyl groups is 1. The summed E-state index contributed by atoms with van der Waals surface area (Å²) >= 11 is 0. The van der Waals surface area contributed by atoms with Gasteiger partial charge in [0.1, 0.15) is 23.8 Å². The molecule has 5 aromatic rings. The Labute approximate surface area is 230 Å². The summed E-state index contributed by atoms with van der Waals surface area (Å²) in [5.74, 6) is 1.45. The molecule has 5 nitrogen and oxygen atoms in total. The Morgan fingerprint density at radius 1 is 0.854 bits per heavy atom. The molecule has 0 atom stereocenters. The van der Waals surface area contributed by atoms with Crippen LogP contribution < -0.4 is 4.74 Å². The van der Waals surface area contributed by atoms with E-state index in [2.05, 4.69) is 4.98 Å². The summed E-state index contributed by atoms with van der Waals surface area (Å²) in [6.45, 7) is 3.92. The quantitative estimate of drug-likeness (QED) is 0.201. The number of halogens is 6. The lowest BCUT2D eigenvalue weighted by molar-refractivity contribution is -0.376. The van der Waals surface area contributed by atoms with Crippen LogP contribution in [0.5, 0.6) is 5.75 Å². The summed E-state index contributed by atoms with van der Waals surface area (Å²) in [6, 6.07) is 20.8. The minimum Gasteiger partial charge on any atom is -0.489 e. The molecule has 0 saturated heterocycles. The van der Waals surface area contributed by atoms with Crippen molar-refractivity contribution in [2.45, 2.75) is 45.0 Å². The second-order valence-electron chi connectivity index (χ2n) is 9.68. The standard InChI is InChI=1S/C30H24F6N2O3/c1-18-13-22-14-23(28(39,29(31,32)33)30(34,35)36)11-12-26(22)38(18)16-25-19(2)41-27(37-25)21-9-6-10-24(15-21)40-17-20-7-4-3-5-8-20/h3-15,39H,16-17H2,1-2H3. The first-order valence-corrected chi connectivity index (χ1v) is 12.5. The maximum Gasteiger partial charge on any atom is 0.430 e. The third-order valence-electron chi connectivity index (χ3n) is 6.88. The third-order valence-corrected chi connectivity index (χ3v) is 6.88. The second kappa shape index (κ2) is 10.3. The number of nitrogens with zero attached hydrogens (tertiary/aromatic N) is 2. The van der Waals surface area contributed by atoms with Crippen molar-refractivity contribution in [1.29, 1.82) is 0 Å². The van der Waals surface area contributed by atoms with Gasteiger partial charge in [-0.15, -0.1) is 0 Å². The molecule has 1 N–H and O–H groups in total. The lowest BCUT2D eigenvalue weighted by Gasteiger charge is -2.32. The molecule has 5 rings (SSSR count). The van der Waals surface area contributed by atoms with E-state index in [9.17, 15) is 31.4 Å². The van der Waals surface area contributed by atoms with E-state index in [1.807, 2.05) is 42.5 Å². The van der Waals surface area contributed by atoms with E-state index in [0.29, 0.717) is 58.6 Å². The van der Waals surface area contributed by atoms with Gasteiger partial charge in [0.25, 0.3) is 5.60 Å². The highest BCUT2D eigenvalue weighted by molar-refractivity contribution is 5.82. The molecule has 2 heterocycles. The van der Waals surface area contributed by atoms with Gasteiger partial charge >= 0.3 is 12.4 Å². The van der Waals surface area contributed by atoms with Gasteiger partial charge in [-0.3, -0.25) is 0 Å². The molecular weight excluding hydrogens is 550 g/mol. The van der Waals surface area contributed by atoms with E-state index < -0.39 is 23.5 Å². The van der Waals surface area contributed by atoms with Crippen LogP contribution in [0.25, 0.3) is 22.4 Å². The number of hydrogen-bond acceptors (Lipinski definition) is 4. The fourth-order valence-electron chi connectivity index (χ4n) is 4.64. The number of aryl methyl sites for hydroxylation is 2. The molecule has 0 bridgehead atoms. The SMILES string of the molecule is Cc1oc(-c2cccc(OCc3ccccc3)c2)nc1Cn1c(C)cc2cc(C(O)(C(F)(F)F)C(F)(F)F)ccc21. The summed E-state index contributed by atoms with van der Waals surface area (Å²) in [4.78, 5) is 4.60. The molecule has 214 valence electrons. The van der Waals surface area contributed by atoms with Gasteiger partial charge in [-0.1, -0.05) is 42.5 Å². The van der Waals surface area contributed by atoms with Crippen molar-refractivity contribution >= 4 is 10.9 Å². The normalized spacial score (nSPS) is 12.7. The lowest BCUT2D eigenvalue weighted by Crippen LogP contribution is -2.53. The number of oxazole rings is 1. The number of alkyl halides is 6. The minimum atomic E-state index is -5.96. The van der Waals surface area contributed by atoms with Crippen LogP contribution in [0.3, 0.4) is 0 Å². The van der Waals surface area contributed by atoms with Gasteiger partial charge in [-0.25, -0.2) is 4.98 Å². The van der Waals surface area contributed by atoms with Gasteiger partial charge < -0.3 is 18.8 Å². The van der Waals surface area contributed by atoms with Crippen molar-refractivity contribution in [2.24, 2.45) is 0 Å². The number of ether oxygens (including phenoxy) is 1. The van der Waals surface area contributed by atoms with Crippen LogP contribution in [0.2, 0.25) is 0 Å². The number of rotatable bonds is 7. The molecule has 0 aliphatic rings. The molecule has 0 aliphatic carbocycles. The van der Waals surface area contributed by atoms with E-state index in [4.69, 9.17) is 9.15 Å². The Hall–Kier alpha value is -4.25. The molecule has 3 aromatic carbocycles. The highest BCUT2D eigenvalue weighted by Gasteiger charge is 2.71. The van der Waals surface area contributed by atoms with E-state index >= 15 is 0 Å². The van der Waals surface area contributed by atoms with Gasteiger partial charge in [0, 0.05) is 27.7 Å². The topological polar surface area (TPSA) is 60.4 Å². The van der Waals surface area contributed by atoms with Crippen LogP contribution in [0.15, 0.2) is 83.3 Å². The van der Waals surface area contributed by atoms with Gasteiger partial charge in [0.15, 0.2) is 0 Å². The number of benzene rings is 3. The molecule has 0 amide bonds. The molecule has 41 heavy (non-hydrogen) atoms. The van der Waals surface area contributed by atoms with Crippen molar-refractivity contribution in [3.63, 3.8) is 0 Å². The van der Waals surface area contributed by atoms with Crippen molar-refractivity contribution < 1.29 is 40.6 Å². The first kappa shape index (κ1) is 28.3. The zero-order valence-corrected chi connectivity index (χ0v) is 21.8. The van der Waals surface area contributed by atoms with Crippen molar-refractivity contribution in [3.8, 4) is 17.2 Å². The smallest absolute Gasteiger partial charge is 0.430 e. The van der Waals surface area contributed by atoms with Gasteiger partial charge in [-0.05, 0) is 55.8 Å². The van der Waals surface area contributed by atoms with E-state index in [0.717, 1.165) is 11.6 Å². The first-order valence-electron chi connectivity index (χ1n) is 12.5. The molecule has 2 aromatic heterocycles. The third kappa shape index (κ3) is 5.29. The van der Waals surface area contributed by atoms with Gasteiger partial charge in [0.05, 0.1) is 6.54 Å².